The van der Waals surface area contributed by atoms with E-state index < -0.39 is 0 Å². The molecule has 1 radical (unpaired) electrons. The fraction of sp³-hybridized carbons (Fsp3) is 0.704. The number of hydroxylamine groups is 1. The number of rotatable bonds is 6. The zero-order chi connectivity index (χ0) is 21.5. The second-order valence-corrected chi connectivity index (χ2v) is 10.9. The second kappa shape index (κ2) is 8.35. The van der Waals surface area contributed by atoms with Crippen LogP contribution < -0.4 is 5.48 Å². The molecule has 4 aliphatic rings. The van der Waals surface area contributed by atoms with Crippen molar-refractivity contribution in [1.82, 2.24) is 0 Å². The normalized spacial score (nSPS) is 33.6. The third kappa shape index (κ3) is 3.55. The Balaban J connectivity index is 1.21. The molecule has 4 aliphatic carbocycles. The van der Waals surface area contributed by atoms with Crippen LogP contribution in [-0.2, 0) is 4.84 Å². The SMILES string of the molecule is CC([NH2+]OC(=O)c1ccc(C(=[O+])C2C34CCCCC23CCCC4)cc1)C1CCCCC1. The van der Waals surface area contributed by atoms with Crippen LogP contribution in [-0.4, -0.2) is 17.8 Å². The summed E-state index contributed by atoms with van der Waals surface area (Å²) in [5.41, 5.74) is 3.63. The van der Waals surface area contributed by atoms with Gasteiger partial charge in [0.2, 0.25) is 4.79 Å². The van der Waals surface area contributed by atoms with E-state index in [0.717, 1.165) is 5.56 Å². The minimum Gasteiger partial charge on any atom is -0.274 e. The van der Waals surface area contributed by atoms with Gasteiger partial charge in [-0.25, -0.2) is 4.79 Å². The van der Waals surface area contributed by atoms with Crippen molar-refractivity contribution in [2.45, 2.75) is 96.4 Å². The van der Waals surface area contributed by atoms with Crippen LogP contribution in [0.2, 0.25) is 0 Å². The quantitative estimate of drug-likeness (QED) is 0.387. The summed E-state index contributed by atoms with van der Waals surface area (Å²) in [6.07, 6.45) is 16.5. The van der Waals surface area contributed by atoms with Gasteiger partial charge in [-0.2, -0.15) is 5.48 Å². The molecular weight excluding hydrogens is 386 g/mol. The lowest BCUT2D eigenvalue weighted by molar-refractivity contribution is -0.896. The van der Waals surface area contributed by atoms with Gasteiger partial charge in [0.25, 0.3) is 0 Å². The maximum absolute atomic E-state index is 13.5. The van der Waals surface area contributed by atoms with Gasteiger partial charge >= 0.3 is 11.8 Å². The van der Waals surface area contributed by atoms with E-state index in [-0.39, 0.29) is 11.9 Å². The minimum atomic E-state index is -0.312. The van der Waals surface area contributed by atoms with Crippen molar-refractivity contribution in [1.29, 1.82) is 0 Å². The van der Waals surface area contributed by atoms with Crippen LogP contribution in [0, 0.1) is 22.7 Å². The molecule has 1 unspecified atom stereocenters. The molecule has 1 aromatic carbocycles. The van der Waals surface area contributed by atoms with Crippen LogP contribution in [0.25, 0.3) is 0 Å². The third-order valence-corrected chi connectivity index (χ3v) is 9.46. The van der Waals surface area contributed by atoms with Gasteiger partial charge in [-0.1, -0.05) is 44.9 Å². The van der Waals surface area contributed by atoms with Crippen molar-refractivity contribution in [3.05, 3.63) is 35.4 Å². The Labute approximate surface area is 186 Å². The molecule has 1 atom stereocenters. The maximum atomic E-state index is 13.5. The van der Waals surface area contributed by atoms with Crippen molar-refractivity contribution in [2.24, 2.45) is 22.7 Å². The summed E-state index contributed by atoms with van der Waals surface area (Å²) in [6.45, 7) is 2.15. The highest BCUT2D eigenvalue weighted by atomic mass is 16.7. The molecule has 167 valence electrons. The van der Waals surface area contributed by atoms with Crippen LogP contribution in [0.15, 0.2) is 24.3 Å². The molecule has 0 spiro atoms. The molecule has 5 rings (SSSR count). The molecule has 4 heteroatoms. The molecule has 0 aromatic heterocycles. The van der Waals surface area contributed by atoms with Gasteiger partial charge < -0.3 is 0 Å². The van der Waals surface area contributed by atoms with Gasteiger partial charge in [0.1, 0.15) is 12.0 Å². The monoisotopic (exact) mass is 424 g/mol. The molecule has 2 N–H and O–H groups in total. The van der Waals surface area contributed by atoms with E-state index in [1.165, 1.54) is 83.5 Å². The summed E-state index contributed by atoms with van der Waals surface area (Å²) in [6, 6.07) is 7.56. The lowest BCUT2D eigenvalue weighted by Gasteiger charge is -2.33. The highest BCUT2D eigenvalue weighted by Gasteiger charge is 2.81. The number of benzene rings is 1. The van der Waals surface area contributed by atoms with E-state index in [9.17, 15) is 9.59 Å². The van der Waals surface area contributed by atoms with Gasteiger partial charge in [0, 0.05) is 5.92 Å². The number of quaternary nitrogens is 1. The van der Waals surface area contributed by atoms with Gasteiger partial charge in [-0.05, 0) is 80.5 Å². The van der Waals surface area contributed by atoms with E-state index in [4.69, 9.17) is 4.84 Å². The van der Waals surface area contributed by atoms with Crippen molar-refractivity contribution in [3.63, 3.8) is 0 Å². The van der Waals surface area contributed by atoms with Gasteiger partial charge in [-0.3, -0.25) is 4.84 Å². The summed E-state index contributed by atoms with van der Waals surface area (Å²) >= 11 is 0. The first kappa shape index (κ1) is 21.2. The molecule has 1 aromatic rings. The topological polar surface area (TPSA) is 62.8 Å². The summed E-state index contributed by atoms with van der Waals surface area (Å²) < 4.78 is 0. The summed E-state index contributed by atoms with van der Waals surface area (Å²) in [5.74, 6) is 0.854. The number of ketones is 1. The van der Waals surface area contributed by atoms with Crippen molar-refractivity contribution >= 4 is 11.8 Å². The number of hydrogen-bond donors (Lipinski definition) is 1. The number of hydrogen-bond acceptors (Lipinski definition) is 3. The van der Waals surface area contributed by atoms with Crippen LogP contribution >= 0.6 is 0 Å². The Kier molecular flexibility index (Phi) is 5.70. The Morgan fingerprint density at radius 2 is 1.42 bits per heavy atom. The largest absolute Gasteiger partial charge is 0.478 e. The summed E-state index contributed by atoms with van der Waals surface area (Å²) in [5, 5.41) is 0. The van der Waals surface area contributed by atoms with E-state index in [2.05, 4.69) is 6.92 Å². The fourth-order valence-electron chi connectivity index (χ4n) is 7.77. The number of carbonyl (C=O) groups is 2. The second-order valence-electron chi connectivity index (χ2n) is 10.9. The predicted molar refractivity (Wildman–Crippen MR) is 119 cm³/mol. The van der Waals surface area contributed by atoms with Crippen LogP contribution in [0.1, 0.15) is 111 Å². The zero-order valence-electron chi connectivity index (χ0n) is 19.0. The Morgan fingerprint density at radius 3 is 1.97 bits per heavy atom. The van der Waals surface area contributed by atoms with Crippen molar-refractivity contribution < 1.29 is 19.9 Å². The van der Waals surface area contributed by atoms with Gasteiger partial charge in [0.05, 0.1) is 11.1 Å². The van der Waals surface area contributed by atoms with E-state index in [1.54, 1.807) is 17.6 Å². The fourth-order valence-corrected chi connectivity index (χ4v) is 7.77. The maximum Gasteiger partial charge on any atom is 0.478 e. The van der Waals surface area contributed by atoms with Crippen LogP contribution in [0.4, 0.5) is 0 Å². The number of Topliss-reactive ketones (excluding diaryl/α,β-unsaturated/α-hetero) is 1. The molecule has 4 fully saturated rings. The molecule has 31 heavy (non-hydrogen) atoms. The van der Waals surface area contributed by atoms with Gasteiger partial charge in [-0.15, -0.1) is 0 Å². The molecule has 0 amide bonds. The lowest BCUT2D eigenvalue weighted by atomic mass is 9.71. The highest BCUT2D eigenvalue weighted by molar-refractivity contribution is 6.02. The standard InChI is InChI=1S/C27H37NO3/c1-19(20-9-3-2-4-10-20)28-31-25(30)22-13-11-21(12-14-22)23(29)24-26-15-5-6-16-27(24,26)18-8-7-17-26/h11-14,19-20,24,28H,2-10,15-18H2,1H3/q+1/p+1. The molecule has 0 heterocycles. The first-order valence-corrected chi connectivity index (χ1v) is 12.8. The zero-order valence-corrected chi connectivity index (χ0v) is 19.0. The average molecular weight is 425 g/mol. The molecular formula is C27H38NO3+2. The molecule has 0 bridgehead atoms. The highest BCUT2D eigenvalue weighted by Crippen LogP contribution is 2.81. The van der Waals surface area contributed by atoms with Crippen molar-refractivity contribution in [3.8, 4) is 0 Å². The molecule has 4 saturated carbocycles. The van der Waals surface area contributed by atoms with E-state index >= 15 is 0 Å². The van der Waals surface area contributed by atoms with E-state index in [0.29, 0.717) is 34.1 Å². The number of carbonyl (C=O) groups excluding carboxylic acids is 2. The molecule has 0 aliphatic heterocycles. The smallest absolute Gasteiger partial charge is 0.274 e. The van der Waals surface area contributed by atoms with E-state index in [1.807, 2.05) is 12.1 Å². The summed E-state index contributed by atoms with van der Waals surface area (Å²) in [4.78, 5) is 31.5. The first-order valence-electron chi connectivity index (χ1n) is 12.8. The predicted octanol–water partition coefficient (Wildman–Crippen LogP) is 5.22. The van der Waals surface area contributed by atoms with Gasteiger partial charge in [0.15, 0.2) is 0 Å². The third-order valence-electron chi connectivity index (χ3n) is 9.46. The average Bonchev–Trinajstić information content (AvgIpc) is 3.47. The number of nitrogens with two attached hydrogens (primary N) is 1. The minimum absolute atomic E-state index is 0.215. The van der Waals surface area contributed by atoms with Crippen molar-refractivity contribution in [2.75, 3.05) is 0 Å². The molecule has 4 nitrogen and oxygen atoms in total. The van der Waals surface area contributed by atoms with Crippen LogP contribution in [0.3, 0.4) is 0 Å². The Hall–Kier alpha value is -1.68. The lowest BCUT2D eigenvalue weighted by Crippen LogP contribution is -2.90. The Morgan fingerprint density at radius 1 is 0.903 bits per heavy atom. The first-order chi connectivity index (χ1) is 15.1. The summed E-state index contributed by atoms with van der Waals surface area (Å²) in [7, 11) is 0. The van der Waals surface area contributed by atoms with Crippen LogP contribution in [0.5, 0.6) is 0 Å². The Bertz CT molecular complexity index is 789. The molecule has 0 saturated heterocycles.